The first-order valence-electron chi connectivity index (χ1n) is 11.1. The molecule has 6 aromatic rings. The van der Waals surface area contributed by atoms with Crippen LogP contribution in [-0.4, -0.2) is 68.8 Å². The van der Waals surface area contributed by atoms with Crippen molar-refractivity contribution < 1.29 is 0 Å². The topological polar surface area (TPSA) is 156 Å². The molecule has 12 heteroatoms. The van der Waals surface area contributed by atoms with Crippen molar-refractivity contribution in [1.82, 2.24) is 49.7 Å². The smallest absolute Gasteiger partial charge is 0.159 e. The van der Waals surface area contributed by atoms with Crippen molar-refractivity contribution in [2.45, 2.75) is 13.0 Å². The molecule has 0 unspecified atom stereocenters. The highest BCUT2D eigenvalue weighted by Crippen LogP contribution is 2.30. The number of nitrogens with one attached hydrogen (secondary N) is 2. The molecule has 0 aromatic carbocycles. The summed E-state index contributed by atoms with van der Waals surface area (Å²) in [4.78, 5) is 32.7. The molecule has 0 atom stereocenters. The van der Waals surface area contributed by atoms with Gasteiger partial charge in [-0.1, -0.05) is 0 Å². The molecule has 0 spiro atoms. The summed E-state index contributed by atoms with van der Waals surface area (Å²) in [6, 6.07) is 2.13. The van der Waals surface area contributed by atoms with E-state index in [1.54, 1.807) is 37.3 Å². The number of aromatic nitrogens is 10. The summed E-state index contributed by atoms with van der Waals surface area (Å²) in [6.07, 6.45) is 12.4. The van der Waals surface area contributed by atoms with Crippen LogP contribution in [0.25, 0.3) is 50.5 Å². The molecule has 0 radical (unpaired) electrons. The van der Waals surface area contributed by atoms with Crippen molar-refractivity contribution in [3.8, 4) is 28.6 Å². The minimum Gasteiger partial charge on any atom is -0.352 e. The van der Waals surface area contributed by atoms with E-state index < -0.39 is 0 Å². The first-order valence-corrected chi connectivity index (χ1v) is 11.1. The number of rotatable bonds is 4. The van der Waals surface area contributed by atoms with E-state index in [0.29, 0.717) is 22.9 Å². The van der Waals surface area contributed by atoms with Crippen LogP contribution in [0.3, 0.4) is 0 Å². The summed E-state index contributed by atoms with van der Waals surface area (Å²) in [6.45, 7) is 3.50. The lowest BCUT2D eigenvalue weighted by Gasteiger charge is -2.37. The fraction of sp³-hybridized carbons (Fsp3) is 0.174. The Morgan fingerprint density at radius 2 is 1.86 bits per heavy atom. The van der Waals surface area contributed by atoms with Gasteiger partial charge in [0.1, 0.15) is 22.7 Å². The number of fused-ring (bicyclic) bond motifs is 2. The Balaban J connectivity index is 1.31. The van der Waals surface area contributed by atoms with Gasteiger partial charge in [-0.25, -0.2) is 15.0 Å². The van der Waals surface area contributed by atoms with Gasteiger partial charge in [-0.05, 0) is 13.0 Å². The maximum atomic E-state index is 5.92. The van der Waals surface area contributed by atoms with E-state index in [1.807, 2.05) is 23.8 Å². The lowest BCUT2D eigenvalue weighted by atomic mass is 10.1. The van der Waals surface area contributed by atoms with E-state index in [1.165, 1.54) is 0 Å². The van der Waals surface area contributed by atoms with E-state index in [9.17, 15) is 0 Å². The molecule has 12 nitrogen and oxygen atoms in total. The summed E-state index contributed by atoms with van der Waals surface area (Å²) < 4.78 is 1.91. The molecule has 0 aliphatic carbocycles. The fourth-order valence-corrected chi connectivity index (χ4v) is 4.34. The number of nitrogens with two attached hydrogens (primary N) is 1. The molecule has 1 saturated heterocycles. The van der Waals surface area contributed by atoms with Gasteiger partial charge in [0, 0.05) is 30.7 Å². The third-order valence-electron chi connectivity index (χ3n) is 6.15. The number of hydrogen-bond donors (Lipinski definition) is 3. The van der Waals surface area contributed by atoms with Crippen LogP contribution in [0.1, 0.15) is 5.69 Å². The Morgan fingerprint density at radius 1 is 0.971 bits per heavy atom. The van der Waals surface area contributed by atoms with Gasteiger partial charge in [0.2, 0.25) is 0 Å². The average Bonchev–Trinajstić information content (AvgIpc) is 3.59. The number of aromatic amines is 2. The normalized spacial score (nSPS) is 14.2. The van der Waals surface area contributed by atoms with E-state index in [2.05, 4.69) is 40.0 Å². The van der Waals surface area contributed by atoms with Crippen LogP contribution in [0, 0.1) is 6.92 Å². The largest absolute Gasteiger partial charge is 0.352 e. The van der Waals surface area contributed by atoms with E-state index >= 15 is 0 Å². The number of hydrogen-bond acceptors (Lipinski definition) is 9. The molecule has 1 aliphatic heterocycles. The van der Waals surface area contributed by atoms with Gasteiger partial charge in [0.25, 0.3) is 0 Å². The molecular formula is C23H20N12. The SMILES string of the molecule is Cc1cn(-c2cncc3[nH]c(-c4n[nH]c5cnc(-c6cncc(N7CC(N)C7)n6)cc45)nc23)cn1. The van der Waals surface area contributed by atoms with Gasteiger partial charge in [0.15, 0.2) is 5.82 Å². The van der Waals surface area contributed by atoms with Gasteiger partial charge < -0.3 is 20.2 Å². The summed E-state index contributed by atoms with van der Waals surface area (Å²) in [7, 11) is 0. The molecule has 0 amide bonds. The van der Waals surface area contributed by atoms with Crippen molar-refractivity contribution in [3.05, 3.63) is 55.3 Å². The highest BCUT2D eigenvalue weighted by Gasteiger charge is 2.25. The molecule has 0 saturated carbocycles. The molecule has 7 heterocycles. The van der Waals surface area contributed by atoms with Crippen LogP contribution in [0.2, 0.25) is 0 Å². The Morgan fingerprint density at radius 3 is 2.69 bits per heavy atom. The summed E-state index contributed by atoms with van der Waals surface area (Å²) >= 11 is 0. The number of anilines is 1. The average molecular weight is 464 g/mol. The third kappa shape index (κ3) is 3.22. The molecule has 1 fully saturated rings. The highest BCUT2D eigenvalue weighted by molar-refractivity contribution is 5.95. The maximum Gasteiger partial charge on any atom is 0.159 e. The number of pyridine rings is 2. The van der Waals surface area contributed by atoms with Crippen LogP contribution in [0.4, 0.5) is 5.82 Å². The second kappa shape index (κ2) is 7.40. The van der Waals surface area contributed by atoms with Crippen LogP contribution in [-0.2, 0) is 0 Å². The van der Waals surface area contributed by atoms with Gasteiger partial charge in [-0.3, -0.25) is 20.1 Å². The lowest BCUT2D eigenvalue weighted by molar-refractivity contribution is 0.514. The number of H-pyrrole nitrogens is 2. The van der Waals surface area contributed by atoms with Crippen molar-refractivity contribution in [2.24, 2.45) is 5.73 Å². The van der Waals surface area contributed by atoms with Gasteiger partial charge in [0.05, 0.1) is 65.4 Å². The first-order chi connectivity index (χ1) is 17.1. The van der Waals surface area contributed by atoms with Gasteiger partial charge >= 0.3 is 0 Å². The van der Waals surface area contributed by atoms with Crippen LogP contribution < -0.4 is 10.6 Å². The quantitative estimate of drug-likeness (QED) is 0.355. The lowest BCUT2D eigenvalue weighted by Crippen LogP contribution is -2.56. The van der Waals surface area contributed by atoms with Crippen LogP contribution in [0.5, 0.6) is 0 Å². The standard InChI is InChI=1S/C23H20N12/c1-12-8-35(11-28-12)19-6-25-4-18-22(19)31-23(30-18)21-14-2-15(27-5-16(14)32-33-21)17-3-26-7-20(29-17)34-9-13(24)10-34/h2-8,11,13H,9-10,24H2,1H3,(H,30,31)(H,32,33). The second-order valence-corrected chi connectivity index (χ2v) is 8.68. The monoisotopic (exact) mass is 464 g/mol. The van der Waals surface area contributed by atoms with E-state index in [-0.39, 0.29) is 6.04 Å². The van der Waals surface area contributed by atoms with Crippen molar-refractivity contribution in [1.29, 1.82) is 0 Å². The molecule has 0 bridgehead atoms. The van der Waals surface area contributed by atoms with E-state index in [0.717, 1.165) is 52.2 Å². The fourth-order valence-electron chi connectivity index (χ4n) is 4.34. The van der Waals surface area contributed by atoms with Gasteiger partial charge in [-0.2, -0.15) is 5.10 Å². The van der Waals surface area contributed by atoms with Crippen molar-refractivity contribution in [3.63, 3.8) is 0 Å². The van der Waals surface area contributed by atoms with Crippen LogP contribution in [0.15, 0.2) is 49.6 Å². The molecule has 7 rings (SSSR count). The summed E-state index contributed by atoms with van der Waals surface area (Å²) in [5, 5.41) is 8.45. The Bertz CT molecular complexity index is 1700. The first kappa shape index (κ1) is 19.7. The predicted molar refractivity (Wildman–Crippen MR) is 130 cm³/mol. The Kier molecular flexibility index (Phi) is 4.17. The second-order valence-electron chi connectivity index (χ2n) is 8.68. The number of aryl methyl sites for hydroxylation is 1. The molecular weight excluding hydrogens is 444 g/mol. The van der Waals surface area contributed by atoms with Gasteiger partial charge in [-0.15, -0.1) is 0 Å². The minimum absolute atomic E-state index is 0.181. The molecule has 4 N–H and O–H groups in total. The number of nitrogens with zero attached hydrogens (tertiary/aromatic N) is 9. The van der Waals surface area contributed by atoms with Crippen molar-refractivity contribution in [2.75, 3.05) is 18.0 Å². The zero-order chi connectivity index (χ0) is 23.5. The number of imidazole rings is 2. The predicted octanol–water partition coefficient (Wildman–Crippen LogP) is 1.99. The maximum absolute atomic E-state index is 5.92. The highest BCUT2D eigenvalue weighted by atomic mass is 15.3. The molecule has 172 valence electrons. The van der Waals surface area contributed by atoms with Crippen molar-refractivity contribution >= 4 is 27.8 Å². The molecule has 6 aromatic heterocycles. The molecule has 1 aliphatic rings. The summed E-state index contributed by atoms with van der Waals surface area (Å²) in [5.74, 6) is 1.43. The van der Waals surface area contributed by atoms with E-state index in [4.69, 9.17) is 15.7 Å². The zero-order valence-corrected chi connectivity index (χ0v) is 18.7. The Hall–Kier alpha value is -4.71. The Labute approximate surface area is 198 Å². The summed E-state index contributed by atoms with van der Waals surface area (Å²) in [5.41, 5.74) is 12.1. The molecule has 35 heavy (non-hydrogen) atoms. The zero-order valence-electron chi connectivity index (χ0n) is 18.7. The van der Waals surface area contributed by atoms with Crippen LogP contribution >= 0.6 is 0 Å². The minimum atomic E-state index is 0.181. The third-order valence-corrected chi connectivity index (χ3v) is 6.15.